The molecule has 0 saturated heterocycles. The second kappa shape index (κ2) is 9.20. The molecule has 1 aromatic carbocycles. The maximum Gasteiger partial charge on any atom is 0.0716 e. The van der Waals surface area contributed by atoms with Crippen molar-refractivity contribution in [3.63, 3.8) is 0 Å². The Morgan fingerprint density at radius 3 is 2.35 bits per heavy atom. The summed E-state index contributed by atoms with van der Waals surface area (Å²) in [6, 6.07) is 8.55. The van der Waals surface area contributed by atoms with Gasteiger partial charge in [0.1, 0.15) is 0 Å². The first-order chi connectivity index (χ1) is 8.36. The number of benzene rings is 1. The van der Waals surface area contributed by atoms with Gasteiger partial charge in [0.25, 0.3) is 0 Å². The van der Waals surface area contributed by atoms with Crippen molar-refractivity contribution in [2.24, 2.45) is 5.73 Å². The lowest BCUT2D eigenvalue weighted by Gasteiger charge is -2.05. The third kappa shape index (κ3) is 6.44. The summed E-state index contributed by atoms with van der Waals surface area (Å²) >= 11 is 0. The van der Waals surface area contributed by atoms with Gasteiger partial charge in [0.15, 0.2) is 0 Å². The summed E-state index contributed by atoms with van der Waals surface area (Å²) in [4.78, 5) is 0. The summed E-state index contributed by atoms with van der Waals surface area (Å²) in [5.74, 6) is 0. The summed E-state index contributed by atoms with van der Waals surface area (Å²) in [6.45, 7) is 4.55. The standard InChI is InChI=1S/C15H25NO/c1-2-3-4-5-12-17-13-15-8-6-14(7-9-15)10-11-16/h6-9H,2-5,10-13,16H2,1H3. The highest BCUT2D eigenvalue weighted by Crippen LogP contribution is 2.07. The second-order valence-electron chi connectivity index (χ2n) is 4.47. The van der Waals surface area contributed by atoms with E-state index in [1.165, 1.54) is 36.8 Å². The topological polar surface area (TPSA) is 35.2 Å². The van der Waals surface area contributed by atoms with Crippen LogP contribution in [-0.4, -0.2) is 13.2 Å². The Kier molecular flexibility index (Phi) is 7.69. The van der Waals surface area contributed by atoms with Crippen LogP contribution in [0.4, 0.5) is 0 Å². The van der Waals surface area contributed by atoms with E-state index >= 15 is 0 Å². The molecule has 0 fully saturated rings. The van der Waals surface area contributed by atoms with E-state index in [9.17, 15) is 0 Å². The molecule has 2 heteroatoms. The van der Waals surface area contributed by atoms with Crippen molar-refractivity contribution in [3.8, 4) is 0 Å². The van der Waals surface area contributed by atoms with E-state index < -0.39 is 0 Å². The monoisotopic (exact) mass is 235 g/mol. The minimum Gasteiger partial charge on any atom is -0.377 e. The molecule has 0 bridgehead atoms. The fourth-order valence-electron chi connectivity index (χ4n) is 1.79. The molecule has 0 atom stereocenters. The number of hydrogen-bond acceptors (Lipinski definition) is 2. The molecule has 2 nitrogen and oxygen atoms in total. The van der Waals surface area contributed by atoms with Crippen LogP contribution >= 0.6 is 0 Å². The third-order valence-electron chi connectivity index (χ3n) is 2.87. The average Bonchev–Trinajstić information content (AvgIpc) is 2.36. The number of unbranched alkanes of at least 4 members (excludes halogenated alkanes) is 3. The summed E-state index contributed by atoms with van der Waals surface area (Å²) in [5, 5.41) is 0. The summed E-state index contributed by atoms with van der Waals surface area (Å²) in [5.41, 5.74) is 8.07. The van der Waals surface area contributed by atoms with Crippen LogP contribution in [0.25, 0.3) is 0 Å². The van der Waals surface area contributed by atoms with Gasteiger partial charge in [-0.05, 0) is 30.5 Å². The highest BCUT2D eigenvalue weighted by Gasteiger charge is 1.95. The van der Waals surface area contributed by atoms with Crippen molar-refractivity contribution in [1.29, 1.82) is 0 Å². The fraction of sp³-hybridized carbons (Fsp3) is 0.600. The van der Waals surface area contributed by atoms with E-state index in [2.05, 4.69) is 31.2 Å². The second-order valence-corrected chi connectivity index (χ2v) is 4.47. The molecule has 1 rings (SSSR count). The van der Waals surface area contributed by atoms with E-state index in [1.807, 2.05) is 0 Å². The quantitative estimate of drug-likeness (QED) is 0.667. The Labute approximate surface area is 105 Å². The van der Waals surface area contributed by atoms with Crippen molar-refractivity contribution >= 4 is 0 Å². The maximum atomic E-state index is 5.64. The largest absolute Gasteiger partial charge is 0.377 e. The molecular formula is C15H25NO. The van der Waals surface area contributed by atoms with Crippen molar-refractivity contribution in [3.05, 3.63) is 35.4 Å². The predicted molar refractivity (Wildman–Crippen MR) is 73.0 cm³/mol. The van der Waals surface area contributed by atoms with Crippen LogP contribution in [0.1, 0.15) is 43.7 Å². The number of ether oxygens (including phenoxy) is 1. The SMILES string of the molecule is CCCCCCOCc1ccc(CCN)cc1. The van der Waals surface area contributed by atoms with Gasteiger partial charge in [0.2, 0.25) is 0 Å². The van der Waals surface area contributed by atoms with Gasteiger partial charge in [0, 0.05) is 6.61 Å². The van der Waals surface area contributed by atoms with E-state index in [0.29, 0.717) is 6.54 Å². The van der Waals surface area contributed by atoms with E-state index in [0.717, 1.165) is 19.6 Å². The Balaban J connectivity index is 2.14. The van der Waals surface area contributed by atoms with Gasteiger partial charge in [0.05, 0.1) is 6.61 Å². The Morgan fingerprint density at radius 1 is 1.00 bits per heavy atom. The molecule has 0 radical (unpaired) electrons. The molecule has 17 heavy (non-hydrogen) atoms. The first-order valence-electron chi connectivity index (χ1n) is 6.72. The van der Waals surface area contributed by atoms with Gasteiger partial charge in [-0.15, -0.1) is 0 Å². The Morgan fingerprint density at radius 2 is 1.71 bits per heavy atom. The van der Waals surface area contributed by atoms with Gasteiger partial charge in [-0.2, -0.15) is 0 Å². The van der Waals surface area contributed by atoms with Gasteiger partial charge < -0.3 is 10.5 Å². The molecule has 96 valence electrons. The molecule has 0 spiro atoms. The van der Waals surface area contributed by atoms with Gasteiger partial charge in [-0.3, -0.25) is 0 Å². The van der Waals surface area contributed by atoms with E-state index in [4.69, 9.17) is 10.5 Å². The number of hydrogen-bond donors (Lipinski definition) is 1. The van der Waals surface area contributed by atoms with Gasteiger partial charge in [-0.1, -0.05) is 50.5 Å². The van der Waals surface area contributed by atoms with Crippen LogP contribution < -0.4 is 5.73 Å². The lowest BCUT2D eigenvalue weighted by atomic mass is 10.1. The Bertz CT molecular complexity index is 281. The van der Waals surface area contributed by atoms with Gasteiger partial charge in [-0.25, -0.2) is 0 Å². The van der Waals surface area contributed by atoms with Crippen LogP contribution in [-0.2, 0) is 17.8 Å². The minimum absolute atomic E-state index is 0.716. The van der Waals surface area contributed by atoms with Crippen molar-refractivity contribution < 1.29 is 4.74 Å². The molecule has 0 aromatic heterocycles. The zero-order valence-corrected chi connectivity index (χ0v) is 11.0. The maximum absolute atomic E-state index is 5.64. The van der Waals surface area contributed by atoms with Crippen LogP contribution in [0.5, 0.6) is 0 Å². The fourth-order valence-corrected chi connectivity index (χ4v) is 1.79. The van der Waals surface area contributed by atoms with E-state index in [-0.39, 0.29) is 0 Å². The highest BCUT2D eigenvalue weighted by atomic mass is 16.5. The van der Waals surface area contributed by atoms with Gasteiger partial charge >= 0.3 is 0 Å². The molecule has 0 heterocycles. The average molecular weight is 235 g/mol. The molecular weight excluding hydrogens is 210 g/mol. The molecule has 1 aromatic rings. The van der Waals surface area contributed by atoms with Crippen LogP contribution in [0.3, 0.4) is 0 Å². The predicted octanol–water partition coefficient (Wildman–Crippen LogP) is 3.28. The third-order valence-corrected chi connectivity index (χ3v) is 2.87. The lowest BCUT2D eigenvalue weighted by Crippen LogP contribution is -2.02. The molecule has 0 aliphatic rings. The number of rotatable bonds is 9. The minimum atomic E-state index is 0.716. The molecule has 0 unspecified atom stereocenters. The van der Waals surface area contributed by atoms with Crippen molar-refractivity contribution in [2.45, 2.75) is 45.6 Å². The highest BCUT2D eigenvalue weighted by molar-refractivity contribution is 5.22. The summed E-state index contributed by atoms with van der Waals surface area (Å²) in [6.07, 6.45) is 6.02. The van der Waals surface area contributed by atoms with Crippen molar-refractivity contribution in [2.75, 3.05) is 13.2 Å². The summed E-state index contributed by atoms with van der Waals surface area (Å²) < 4.78 is 5.64. The van der Waals surface area contributed by atoms with E-state index in [1.54, 1.807) is 0 Å². The molecule has 0 amide bonds. The first-order valence-corrected chi connectivity index (χ1v) is 6.72. The van der Waals surface area contributed by atoms with Crippen LogP contribution in [0, 0.1) is 0 Å². The smallest absolute Gasteiger partial charge is 0.0716 e. The van der Waals surface area contributed by atoms with Crippen molar-refractivity contribution in [1.82, 2.24) is 0 Å². The Hall–Kier alpha value is -0.860. The summed E-state index contributed by atoms with van der Waals surface area (Å²) in [7, 11) is 0. The normalized spacial score (nSPS) is 10.7. The lowest BCUT2D eigenvalue weighted by molar-refractivity contribution is 0.117. The number of nitrogens with two attached hydrogens (primary N) is 1. The van der Waals surface area contributed by atoms with Crippen LogP contribution in [0.15, 0.2) is 24.3 Å². The first kappa shape index (κ1) is 14.2. The molecule has 0 aliphatic carbocycles. The zero-order chi connectivity index (χ0) is 12.3. The molecule has 2 N–H and O–H groups in total. The van der Waals surface area contributed by atoms with Crippen LogP contribution in [0.2, 0.25) is 0 Å². The zero-order valence-electron chi connectivity index (χ0n) is 11.0. The molecule has 0 saturated carbocycles. The molecule has 0 aliphatic heterocycles.